The molecule has 0 spiro atoms. The van der Waals surface area contributed by atoms with Crippen LogP contribution >= 0.6 is 0 Å². The molecule has 0 N–H and O–H groups in total. The molecular weight excluding hydrogens is 211 g/mol. The molecule has 86 valence electrons. The summed E-state index contributed by atoms with van der Waals surface area (Å²) in [5.41, 5.74) is 0. The summed E-state index contributed by atoms with van der Waals surface area (Å²) in [4.78, 5) is 0.361. The Morgan fingerprint density at radius 3 is 1.79 bits per heavy atom. The lowest BCUT2D eigenvalue weighted by atomic mass is 9.90. The van der Waals surface area contributed by atoms with Crippen LogP contribution in [0.15, 0.2) is 0 Å². The van der Waals surface area contributed by atoms with E-state index in [0.29, 0.717) is 4.90 Å². The third-order valence-corrected chi connectivity index (χ3v) is 1.55. The Morgan fingerprint density at radius 2 is 1.57 bits per heavy atom. The molecule has 0 bridgehead atoms. The van der Waals surface area contributed by atoms with Gasteiger partial charge in [0.25, 0.3) is 0 Å². The molecule has 0 aliphatic rings. The SMILES string of the molecule is CC(C)N(C[B-](F)(F)F)CC(F)(F)F. The fourth-order valence-electron chi connectivity index (χ4n) is 0.954. The first-order valence-electron chi connectivity index (χ1n) is 4.03. The maximum Gasteiger partial charge on any atom is 0.492 e. The van der Waals surface area contributed by atoms with Gasteiger partial charge in [0.2, 0.25) is 0 Å². The highest BCUT2D eigenvalue weighted by atomic mass is 19.4. The lowest BCUT2D eigenvalue weighted by Crippen LogP contribution is -2.46. The standard InChI is InChI=1S/C6H11BF6N/c1-5(2)14(3-6(8,9)10)4-7(11,12)13/h5H,3-4H2,1-2H3/q-1. The minimum Gasteiger partial charge on any atom is -0.448 e. The van der Waals surface area contributed by atoms with Gasteiger partial charge in [0, 0.05) is 6.04 Å². The summed E-state index contributed by atoms with van der Waals surface area (Å²) < 4.78 is 71.2. The lowest BCUT2D eigenvalue weighted by molar-refractivity contribution is -0.148. The number of nitrogens with zero attached hydrogens (tertiary/aromatic N) is 1. The van der Waals surface area contributed by atoms with E-state index in [2.05, 4.69) is 0 Å². The Kier molecular flexibility index (Phi) is 4.29. The van der Waals surface area contributed by atoms with Crippen LogP contribution in [0.5, 0.6) is 0 Å². The van der Waals surface area contributed by atoms with Crippen LogP contribution in [0, 0.1) is 0 Å². The first kappa shape index (κ1) is 13.6. The van der Waals surface area contributed by atoms with E-state index in [1.807, 2.05) is 0 Å². The van der Waals surface area contributed by atoms with Gasteiger partial charge in [-0.3, -0.25) is 0 Å². The fourth-order valence-corrected chi connectivity index (χ4v) is 0.954. The number of rotatable bonds is 4. The molecule has 0 radical (unpaired) electrons. The van der Waals surface area contributed by atoms with Gasteiger partial charge in [-0.2, -0.15) is 13.2 Å². The average molecular weight is 222 g/mol. The van der Waals surface area contributed by atoms with Crippen LogP contribution in [0.4, 0.5) is 26.1 Å². The summed E-state index contributed by atoms with van der Waals surface area (Å²) in [6.07, 6.45) is -6.07. The van der Waals surface area contributed by atoms with Crippen molar-refractivity contribution in [3.8, 4) is 0 Å². The minimum atomic E-state index is -5.21. The van der Waals surface area contributed by atoms with Crippen molar-refractivity contribution < 1.29 is 26.1 Å². The molecule has 0 aliphatic heterocycles. The first-order valence-corrected chi connectivity index (χ1v) is 4.03. The Bertz CT molecular complexity index is 158. The zero-order valence-electron chi connectivity index (χ0n) is 7.78. The molecule has 0 amide bonds. The molecule has 8 heteroatoms. The Labute approximate surface area is 78.1 Å². The molecule has 0 atom stereocenters. The second kappa shape index (κ2) is 4.42. The highest BCUT2D eigenvalue weighted by molar-refractivity contribution is 6.58. The number of hydrogen-bond acceptors (Lipinski definition) is 1. The van der Waals surface area contributed by atoms with Crippen LogP contribution in [-0.4, -0.2) is 37.1 Å². The molecule has 14 heavy (non-hydrogen) atoms. The largest absolute Gasteiger partial charge is 0.492 e. The summed E-state index contributed by atoms with van der Waals surface area (Å²) in [7, 11) is 0. The van der Waals surface area contributed by atoms with E-state index in [1.54, 1.807) is 0 Å². The lowest BCUT2D eigenvalue weighted by Gasteiger charge is -2.31. The van der Waals surface area contributed by atoms with Crippen molar-refractivity contribution in [2.45, 2.75) is 26.1 Å². The van der Waals surface area contributed by atoms with Gasteiger partial charge in [-0.25, -0.2) is 0 Å². The van der Waals surface area contributed by atoms with Crippen molar-refractivity contribution >= 4 is 6.98 Å². The van der Waals surface area contributed by atoms with E-state index < -0.39 is 32.2 Å². The summed E-state index contributed by atoms with van der Waals surface area (Å²) in [6.45, 7) is -4.14. The number of halogens is 6. The number of alkyl halides is 3. The molecule has 0 aromatic carbocycles. The van der Waals surface area contributed by atoms with E-state index in [9.17, 15) is 26.1 Å². The zero-order chi connectivity index (χ0) is 11.6. The van der Waals surface area contributed by atoms with Crippen LogP contribution in [0.25, 0.3) is 0 Å². The van der Waals surface area contributed by atoms with E-state index in [-0.39, 0.29) is 0 Å². The van der Waals surface area contributed by atoms with Crippen LogP contribution in [-0.2, 0) is 0 Å². The molecule has 0 aromatic rings. The summed E-state index contributed by atoms with van der Waals surface area (Å²) in [5, 5.41) is 0. The second-order valence-electron chi connectivity index (χ2n) is 3.35. The van der Waals surface area contributed by atoms with Crippen LogP contribution in [0.2, 0.25) is 0 Å². The van der Waals surface area contributed by atoms with Gasteiger partial charge >= 0.3 is 13.2 Å². The third-order valence-electron chi connectivity index (χ3n) is 1.55. The monoisotopic (exact) mass is 222 g/mol. The van der Waals surface area contributed by atoms with Gasteiger partial charge in [-0.05, 0) is 20.3 Å². The van der Waals surface area contributed by atoms with Crippen LogP contribution < -0.4 is 0 Å². The molecular formula is C6H11BF6N-. The van der Waals surface area contributed by atoms with Gasteiger partial charge in [-0.15, -0.1) is 0 Å². The molecule has 0 unspecified atom stereocenters. The normalized spacial score (nSPS) is 14.1. The molecule has 0 fully saturated rings. The van der Waals surface area contributed by atoms with Crippen LogP contribution in [0.1, 0.15) is 13.8 Å². The molecule has 0 aromatic heterocycles. The highest BCUT2D eigenvalue weighted by Crippen LogP contribution is 2.20. The molecule has 0 saturated heterocycles. The third kappa shape index (κ3) is 7.05. The Morgan fingerprint density at radius 1 is 1.14 bits per heavy atom. The smallest absolute Gasteiger partial charge is 0.448 e. The van der Waals surface area contributed by atoms with E-state index >= 15 is 0 Å². The topological polar surface area (TPSA) is 3.24 Å². The maximum atomic E-state index is 11.9. The van der Waals surface area contributed by atoms with Crippen molar-refractivity contribution in [1.82, 2.24) is 4.90 Å². The Hall–Kier alpha value is -0.395. The summed E-state index contributed by atoms with van der Waals surface area (Å²) in [5.74, 6) is 0. The van der Waals surface area contributed by atoms with Gasteiger partial charge < -0.3 is 17.8 Å². The first-order chi connectivity index (χ1) is 6.01. The average Bonchev–Trinajstić information content (AvgIpc) is 1.78. The predicted molar refractivity (Wildman–Crippen MR) is 41.8 cm³/mol. The van der Waals surface area contributed by atoms with Crippen molar-refractivity contribution in [1.29, 1.82) is 0 Å². The predicted octanol–water partition coefficient (Wildman–Crippen LogP) is 2.65. The fraction of sp³-hybridized carbons (Fsp3) is 1.00. The summed E-state index contributed by atoms with van der Waals surface area (Å²) >= 11 is 0. The van der Waals surface area contributed by atoms with Crippen molar-refractivity contribution in [2.75, 3.05) is 13.0 Å². The minimum absolute atomic E-state index is 0.361. The van der Waals surface area contributed by atoms with Gasteiger partial charge in [-0.1, -0.05) is 0 Å². The van der Waals surface area contributed by atoms with E-state index in [0.717, 1.165) is 0 Å². The quantitative estimate of drug-likeness (QED) is 0.522. The zero-order valence-corrected chi connectivity index (χ0v) is 7.78. The highest BCUT2D eigenvalue weighted by Gasteiger charge is 2.35. The number of hydrogen-bond donors (Lipinski definition) is 0. The summed E-state index contributed by atoms with van der Waals surface area (Å²) in [6, 6.07) is -0.778. The molecule has 0 aliphatic carbocycles. The molecule has 0 heterocycles. The van der Waals surface area contributed by atoms with Gasteiger partial charge in [0.05, 0.1) is 6.54 Å². The van der Waals surface area contributed by atoms with Crippen LogP contribution in [0.3, 0.4) is 0 Å². The maximum absolute atomic E-state index is 11.9. The van der Waals surface area contributed by atoms with Gasteiger partial charge in [0.1, 0.15) is 0 Å². The molecule has 0 saturated carbocycles. The van der Waals surface area contributed by atoms with Crippen molar-refractivity contribution in [3.05, 3.63) is 0 Å². The second-order valence-corrected chi connectivity index (χ2v) is 3.35. The van der Waals surface area contributed by atoms with E-state index in [4.69, 9.17) is 0 Å². The van der Waals surface area contributed by atoms with Gasteiger partial charge in [0.15, 0.2) is 0 Å². The van der Waals surface area contributed by atoms with Crippen molar-refractivity contribution in [2.24, 2.45) is 0 Å². The van der Waals surface area contributed by atoms with Crippen molar-refractivity contribution in [3.63, 3.8) is 0 Å². The van der Waals surface area contributed by atoms with E-state index in [1.165, 1.54) is 13.8 Å². The molecule has 0 rings (SSSR count). The molecule has 1 nitrogen and oxygen atoms in total. The Balaban J connectivity index is 4.32.